The minimum absolute atomic E-state index is 0.0157. The number of aromatic amines is 1. The molecular formula is C28H24N6O5. The summed E-state index contributed by atoms with van der Waals surface area (Å²) in [5.74, 6) is 1.28. The first kappa shape index (κ1) is 24.3. The number of ether oxygens (including phenoxy) is 3. The molecule has 11 nitrogen and oxygen atoms in total. The van der Waals surface area contributed by atoms with E-state index in [9.17, 15) is 4.79 Å². The first-order valence-corrected chi connectivity index (χ1v) is 12.2. The zero-order chi connectivity index (χ0) is 27.1. The molecule has 0 radical (unpaired) electrons. The van der Waals surface area contributed by atoms with E-state index in [-0.39, 0.29) is 30.0 Å². The fourth-order valence-corrected chi connectivity index (χ4v) is 4.76. The Hall–Kier alpha value is -5.08. The van der Waals surface area contributed by atoms with Crippen LogP contribution in [0.3, 0.4) is 0 Å². The number of fused-ring (bicyclic) bond motifs is 2. The number of oxazole rings is 1. The molecule has 3 N–H and O–H groups in total. The molecule has 6 rings (SSSR count). The van der Waals surface area contributed by atoms with Crippen molar-refractivity contribution in [3.8, 4) is 28.3 Å². The molecule has 4 heterocycles. The Labute approximate surface area is 222 Å². The third kappa shape index (κ3) is 4.17. The smallest absolute Gasteiger partial charge is 0.301 e. The maximum atomic E-state index is 14.0. The van der Waals surface area contributed by atoms with Gasteiger partial charge in [0.1, 0.15) is 11.7 Å². The van der Waals surface area contributed by atoms with Crippen LogP contribution >= 0.6 is 0 Å². The van der Waals surface area contributed by atoms with Crippen molar-refractivity contribution in [2.45, 2.75) is 25.6 Å². The van der Waals surface area contributed by atoms with E-state index in [4.69, 9.17) is 35.9 Å². The number of nitrogens with two attached hydrogens (primary N) is 1. The molecule has 1 unspecified atom stereocenters. The summed E-state index contributed by atoms with van der Waals surface area (Å²) in [6.07, 6.45) is 1.46. The molecule has 0 spiro atoms. The van der Waals surface area contributed by atoms with Crippen molar-refractivity contribution in [3.63, 3.8) is 0 Å². The number of rotatable bonds is 7. The molecule has 1 aliphatic heterocycles. The number of hydrogen-bond donors (Lipinski definition) is 2. The van der Waals surface area contributed by atoms with Gasteiger partial charge in [0.05, 0.1) is 43.0 Å². The fraction of sp³-hybridized carbons (Fsp3) is 0.214. The second-order valence-corrected chi connectivity index (χ2v) is 9.10. The first-order chi connectivity index (χ1) is 19.0. The molecular weight excluding hydrogens is 500 g/mol. The van der Waals surface area contributed by atoms with E-state index < -0.39 is 5.56 Å². The predicted molar refractivity (Wildman–Crippen MR) is 144 cm³/mol. The number of benzene rings is 2. The highest BCUT2D eigenvalue weighted by molar-refractivity contribution is 5.89. The molecule has 2 aromatic carbocycles. The van der Waals surface area contributed by atoms with Crippen LogP contribution < -0.4 is 16.0 Å². The lowest BCUT2D eigenvalue weighted by molar-refractivity contribution is 0.0281. The van der Waals surface area contributed by atoms with Crippen LogP contribution in [0, 0.1) is 6.57 Å². The second kappa shape index (κ2) is 9.66. The molecule has 196 valence electrons. The van der Waals surface area contributed by atoms with Crippen molar-refractivity contribution >= 4 is 28.3 Å². The molecule has 1 fully saturated rings. The van der Waals surface area contributed by atoms with Crippen molar-refractivity contribution in [1.82, 2.24) is 19.6 Å². The monoisotopic (exact) mass is 524 g/mol. The number of anilines is 1. The van der Waals surface area contributed by atoms with Crippen molar-refractivity contribution in [2.75, 3.05) is 19.5 Å². The minimum Gasteiger partial charge on any atom is -0.493 e. The number of nitrogens with zero attached hydrogens (tertiary/aromatic N) is 4. The van der Waals surface area contributed by atoms with Crippen LogP contribution in [-0.4, -0.2) is 39.4 Å². The van der Waals surface area contributed by atoms with Gasteiger partial charge in [-0.25, -0.2) is 15.1 Å². The molecule has 11 heteroatoms. The van der Waals surface area contributed by atoms with E-state index in [1.54, 1.807) is 12.1 Å². The lowest BCUT2D eigenvalue weighted by atomic mass is 10.1. The minimum atomic E-state index is -0.491. The summed E-state index contributed by atoms with van der Waals surface area (Å²) >= 11 is 0. The van der Waals surface area contributed by atoms with Crippen LogP contribution in [0.1, 0.15) is 18.5 Å². The van der Waals surface area contributed by atoms with Gasteiger partial charge in [-0.2, -0.15) is 0 Å². The Balaban J connectivity index is 1.53. The quantitative estimate of drug-likeness (QED) is 0.228. The van der Waals surface area contributed by atoms with Gasteiger partial charge >= 0.3 is 5.56 Å². The topological polar surface area (TPSA) is 134 Å². The molecule has 0 amide bonds. The highest BCUT2D eigenvalue weighted by Gasteiger charge is 2.27. The number of allylic oxidation sites excluding steroid dienone is 1. The summed E-state index contributed by atoms with van der Waals surface area (Å²) < 4.78 is 24.3. The van der Waals surface area contributed by atoms with Crippen molar-refractivity contribution in [1.29, 1.82) is 0 Å². The maximum absolute atomic E-state index is 14.0. The lowest BCUT2D eigenvalue weighted by Crippen LogP contribution is -2.22. The number of nitrogen functional groups attached to an aromatic ring is 1. The lowest BCUT2D eigenvalue weighted by Gasteiger charge is -2.12. The fourth-order valence-electron chi connectivity index (χ4n) is 4.76. The summed E-state index contributed by atoms with van der Waals surface area (Å²) in [6.45, 7) is 11.9. The molecule has 0 saturated carbocycles. The van der Waals surface area contributed by atoms with Crippen LogP contribution in [0.25, 0.3) is 44.2 Å². The van der Waals surface area contributed by atoms with Gasteiger partial charge in [-0.1, -0.05) is 43.5 Å². The third-order valence-corrected chi connectivity index (χ3v) is 6.59. The Bertz CT molecular complexity index is 1830. The second-order valence-electron chi connectivity index (χ2n) is 9.10. The molecule has 0 bridgehead atoms. The number of nitrogens with one attached hydrogen (secondary N) is 1. The largest absolute Gasteiger partial charge is 0.493 e. The van der Waals surface area contributed by atoms with Crippen LogP contribution in [0.5, 0.6) is 5.75 Å². The van der Waals surface area contributed by atoms with Gasteiger partial charge in [0.15, 0.2) is 22.5 Å². The predicted octanol–water partition coefficient (Wildman–Crippen LogP) is 4.85. The summed E-state index contributed by atoms with van der Waals surface area (Å²) in [4.78, 5) is 26.9. The summed E-state index contributed by atoms with van der Waals surface area (Å²) in [5, 5.41) is 2.89. The van der Waals surface area contributed by atoms with Gasteiger partial charge in [-0.05, 0) is 24.1 Å². The summed E-state index contributed by atoms with van der Waals surface area (Å²) in [6, 6.07) is 12.6. The summed E-state index contributed by atoms with van der Waals surface area (Å²) in [7, 11) is 1.48. The van der Waals surface area contributed by atoms with Crippen LogP contribution in [-0.2, 0) is 16.1 Å². The molecule has 39 heavy (non-hydrogen) atoms. The third-order valence-electron chi connectivity index (χ3n) is 6.59. The van der Waals surface area contributed by atoms with Crippen molar-refractivity contribution in [2.24, 2.45) is 0 Å². The molecule has 1 atom stereocenters. The van der Waals surface area contributed by atoms with Crippen molar-refractivity contribution < 1.29 is 18.6 Å². The van der Waals surface area contributed by atoms with Crippen LogP contribution in [0.2, 0.25) is 0 Å². The molecule has 3 aromatic heterocycles. The Kier molecular flexibility index (Phi) is 6.01. The van der Waals surface area contributed by atoms with E-state index in [2.05, 4.69) is 21.5 Å². The number of aromatic nitrogens is 4. The van der Waals surface area contributed by atoms with E-state index in [1.807, 2.05) is 30.3 Å². The van der Waals surface area contributed by atoms with Gasteiger partial charge in [0, 0.05) is 6.42 Å². The van der Waals surface area contributed by atoms with Crippen LogP contribution in [0.15, 0.2) is 64.0 Å². The molecule has 0 aliphatic carbocycles. The zero-order valence-electron chi connectivity index (χ0n) is 21.1. The van der Waals surface area contributed by atoms with Gasteiger partial charge in [0.25, 0.3) is 5.82 Å². The molecule has 1 saturated heterocycles. The normalized spacial score (nSPS) is 15.1. The van der Waals surface area contributed by atoms with Gasteiger partial charge in [-0.3, -0.25) is 4.79 Å². The standard InChI is InChI=1S/C28H24N6O5/c1-15-9-10-17(38-15)13-37-14-19-22(27-32-23-20(39-27)12-11-18(29)24(23)36-3)28(35)34-26(31-19)21(25(30-2)33-34)16-7-5-4-6-8-16/h4-8,11-12,17,33H,1,9-10,13-14,29H2,3H3. The Morgan fingerprint density at radius 1 is 1.23 bits per heavy atom. The Morgan fingerprint density at radius 3 is 2.77 bits per heavy atom. The highest BCUT2D eigenvalue weighted by Crippen LogP contribution is 2.36. The molecule has 5 aromatic rings. The highest BCUT2D eigenvalue weighted by atomic mass is 16.5. The van der Waals surface area contributed by atoms with E-state index in [0.29, 0.717) is 46.0 Å². The SMILES string of the molecule is [C-]#[N+]c1[nH]n2c(=O)c(-c3nc4c(OC)c(N)ccc4o3)c(COCC3CCC(=C)O3)nc2c1-c1ccccc1. The van der Waals surface area contributed by atoms with Gasteiger partial charge in [0.2, 0.25) is 5.89 Å². The van der Waals surface area contributed by atoms with Gasteiger partial charge in [-0.15, -0.1) is 4.52 Å². The molecule has 1 aliphatic rings. The number of methoxy groups -OCH3 is 1. The number of hydrogen-bond acceptors (Lipinski definition) is 8. The van der Waals surface area contributed by atoms with E-state index in [0.717, 1.165) is 24.2 Å². The average Bonchev–Trinajstić information content (AvgIpc) is 3.66. The van der Waals surface area contributed by atoms with E-state index in [1.165, 1.54) is 11.6 Å². The Morgan fingerprint density at radius 2 is 2.05 bits per heavy atom. The zero-order valence-corrected chi connectivity index (χ0v) is 21.1. The van der Waals surface area contributed by atoms with Gasteiger partial charge < -0.3 is 29.2 Å². The van der Waals surface area contributed by atoms with Crippen LogP contribution in [0.4, 0.5) is 11.5 Å². The maximum Gasteiger partial charge on any atom is 0.301 e. The first-order valence-electron chi connectivity index (χ1n) is 12.2. The summed E-state index contributed by atoms with van der Waals surface area (Å²) in [5.41, 5.74) is 8.66. The van der Waals surface area contributed by atoms with E-state index >= 15 is 0 Å². The number of H-pyrrole nitrogens is 1. The van der Waals surface area contributed by atoms with Crippen molar-refractivity contribution in [3.05, 3.63) is 82.3 Å². The average molecular weight is 525 g/mol.